The molecule has 2 aromatic carbocycles. The summed E-state index contributed by atoms with van der Waals surface area (Å²) in [4.78, 5) is 21.0. The number of thioether (sulfide) groups is 1. The summed E-state index contributed by atoms with van der Waals surface area (Å²) in [7, 11) is -0.474. The summed E-state index contributed by atoms with van der Waals surface area (Å²) in [6.45, 7) is 0. The quantitative estimate of drug-likeness (QED) is 0.642. The van der Waals surface area contributed by atoms with E-state index in [1.54, 1.807) is 32.3 Å². The number of carbonyl (C=O) groups is 1. The van der Waals surface area contributed by atoms with Crippen LogP contribution in [0.4, 0.5) is 0 Å². The van der Waals surface area contributed by atoms with Gasteiger partial charge in [0.1, 0.15) is 10.9 Å². The molecule has 0 aliphatic rings. The number of imidazole rings is 1. The Labute approximate surface area is 162 Å². The summed E-state index contributed by atoms with van der Waals surface area (Å²) < 4.78 is 26.2. The van der Waals surface area contributed by atoms with Crippen molar-refractivity contribution in [3.05, 3.63) is 60.7 Å². The van der Waals surface area contributed by atoms with E-state index in [1.165, 1.54) is 17.0 Å². The second-order valence-corrected chi connectivity index (χ2v) is 8.83. The summed E-state index contributed by atoms with van der Waals surface area (Å²) in [6.07, 6.45) is 0. The third-order valence-corrected chi connectivity index (χ3v) is 6.66. The minimum atomic E-state index is -3.79. The lowest BCUT2D eigenvalue weighted by molar-refractivity contribution is -0.125. The fourth-order valence-corrected chi connectivity index (χ4v) is 4.95. The van der Waals surface area contributed by atoms with Gasteiger partial charge in [-0.15, -0.1) is 0 Å². The number of rotatable bonds is 6. The van der Waals surface area contributed by atoms with Gasteiger partial charge < -0.3 is 9.88 Å². The third kappa shape index (κ3) is 4.23. The Morgan fingerprint density at radius 1 is 1.04 bits per heavy atom. The van der Waals surface area contributed by atoms with E-state index in [0.29, 0.717) is 5.82 Å². The van der Waals surface area contributed by atoms with Crippen LogP contribution < -0.4 is 0 Å². The first-order chi connectivity index (χ1) is 12.9. The number of aromatic nitrogens is 2. The maximum Gasteiger partial charge on any atom is 0.232 e. The fourth-order valence-electron chi connectivity index (χ4n) is 2.33. The van der Waals surface area contributed by atoms with Crippen molar-refractivity contribution in [3.63, 3.8) is 0 Å². The molecule has 8 heteroatoms. The highest BCUT2D eigenvalue weighted by Gasteiger charge is 2.26. The predicted octanol–water partition coefficient (Wildman–Crippen LogP) is 3.09. The smallest absolute Gasteiger partial charge is 0.232 e. The lowest BCUT2D eigenvalue weighted by atomic mass is 10.2. The van der Waals surface area contributed by atoms with Gasteiger partial charge in [-0.2, -0.15) is 0 Å². The topological polar surface area (TPSA) is 83.1 Å². The van der Waals surface area contributed by atoms with Crippen molar-refractivity contribution in [2.45, 2.75) is 14.9 Å². The summed E-state index contributed by atoms with van der Waals surface area (Å²) in [5.74, 6) is 0.431. The number of H-pyrrole nitrogens is 1. The number of benzene rings is 2. The highest BCUT2D eigenvalue weighted by molar-refractivity contribution is 8.00. The zero-order chi connectivity index (χ0) is 19.4. The van der Waals surface area contributed by atoms with Gasteiger partial charge in [0.25, 0.3) is 0 Å². The standard InChI is InChI=1S/C19H19N3O3S2/c1-22(2)16(23)13-26-18-19(27(24,25)15-11-7-4-8-12-15)21-17(20-18)14-9-5-3-6-10-14/h3-12H,13H2,1-2H3,(H,20,21). The van der Waals surface area contributed by atoms with Crippen LogP contribution in [0.3, 0.4) is 0 Å². The second kappa shape index (κ2) is 7.98. The zero-order valence-corrected chi connectivity index (χ0v) is 16.5. The van der Waals surface area contributed by atoms with Crippen molar-refractivity contribution >= 4 is 27.5 Å². The molecule has 6 nitrogen and oxygen atoms in total. The Hall–Kier alpha value is -2.58. The van der Waals surface area contributed by atoms with Crippen molar-refractivity contribution in [2.24, 2.45) is 0 Å². The first-order valence-electron chi connectivity index (χ1n) is 8.18. The van der Waals surface area contributed by atoms with Crippen molar-refractivity contribution in [1.29, 1.82) is 0 Å². The lowest BCUT2D eigenvalue weighted by Crippen LogP contribution is -2.23. The third-order valence-electron chi connectivity index (χ3n) is 3.84. The number of sulfone groups is 1. The van der Waals surface area contributed by atoms with Crippen LogP contribution in [0.1, 0.15) is 0 Å². The Balaban J connectivity index is 2.05. The molecule has 1 amide bonds. The minimum Gasteiger partial charge on any atom is -0.348 e. The molecule has 0 saturated carbocycles. The minimum absolute atomic E-state index is 0.00380. The molecular formula is C19H19N3O3S2. The molecule has 0 unspecified atom stereocenters. The van der Waals surface area contributed by atoms with Gasteiger partial charge in [0.05, 0.1) is 10.6 Å². The zero-order valence-electron chi connectivity index (χ0n) is 14.9. The Kier molecular flexibility index (Phi) is 5.67. The molecular weight excluding hydrogens is 382 g/mol. The Morgan fingerprint density at radius 3 is 2.22 bits per heavy atom. The Morgan fingerprint density at radius 2 is 1.63 bits per heavy atom. The number of nitrogens with one attached hydrogen (secondary N) is 1. The van der Waals surface area contributed by atoms with Crippen LogP contribution in [0.2, 0.25) is 0 Å². The summed E-state index contributed by atoms with van der Waals surface area (Å²) in [6, 6.07) is 17.4. The van der Waals surface area contributed by atoms with Crippen molar-refractivity contribution in [2.75, 3.05) is 19.8 Å². The van der Waals surface area contributed by atoms with E-state index in [0.717, 1.165) is 17.3 Å². The van der Waals surface area contributed by atoms with Crippen molar-refractivity contribution < 1.29 is 13.2 Å². The van der Waals surface area contributed by atoms with Gasteiger partial charge in [-0.3, -0.25) is 4.79 Å². The number of aromatic amines is 1. The number of hydrogen-bond donors (Lipinski definition) is 1. The van der Waals surface area contributed by atoms with E-state index >= 15 is 0 Å². The highest BCUT2D eigenvalue weighted by Crippen LogP contribution is 2.32. The van der Waals surface area contributed by atoms with Crippen LogP contribution in [-0.2, 0) is 14.6 Å². The van der Waals surface area contributed by atoms with Crippen LogP contribution in [-0.4, -0.2) is 49.0 Å². The molecule has 1 heterocycles. The molecule has 0 bridgehead atoms. The molecule has 1 aromatic heterocycles. The first-order valence-corrected chi connectivity index (χ1v) is 10.6. The average Bonchev–Trinajstić information content (AvgIpc) is 3.12. The van der Waals surface area contributed by atoms with Gasteiger partial charge in [-0.25, -0.2) is 13.4 Å². The molecule has 0 radical (unpaired) electrons. The lowest BCUT2D eigenvalue weighted by Gasteiger charge is -2.09. The van der Waals surface area contributed by atoms with Crippen LogP contribution in [0.25, 0.3) is 11.4 Å². The van der Waals surface area contributed by atoms with E-state index in [2.05, 4.69) is 9.97 Å². The van der Waals surface area contributed by atoms with E-state index in [4.69, 9.17) is 0 Å². The maximum absolute atomic E-state index is 13.1. The molecule has 140 valence electrons. The monoisotopic (exact) mass is 401 g/mol. The molecule has 3 aromatic rings. The van der Waals surface area contributed by atoms with Crippen LogP contribution in [0, 0.1) is 0 Å². The fraction of sp³-hybridized carbons (Fsp3) is 0.158. The van der Waals surface area contributed by atoms with E-state index in [-0.39, 0.29) is 26.6 Å². The SMILES string of the molecule is CN(C)C(=O)CSc1nc(-c2ccccc2)[nH]c1S(=O)(=O)c1ccccc1. The number of nitrogens with zero attached hydrogens (tertiary/aromatic N) is 2. The van der Waals surface area contributed by atoms with E-state index in [9.17, 15) is 13.2 Å². The molecule has 0 aliphatic carbocycles. The average molecular weight is 402 g/mol. The van der Waals surface area contributed by atoms with E-state index in [1.807, 2.05) is 30.3 Å². The normalized spacial score (nSPS) is 11.3. The predicted molar refractivity (Wildman–Crippen MR) is 105 cm³/mol. The molecule has 0 fully saturated rings. The van der Waals surface area contributed by atoms with E-state index < -0.39 is 9.84 Å². The van der Waals surface area contributed by atoms with Gasteiger partial charge in [0, 0.05) is 19.7 Å². The van der Waals surface area contributed by atoms with Crippen molar-refractivity contribution in [3.8, 4) is 11.4 Å². The van der Waals surface area contributed by atoms with Gasteiger partial charge in [-0.1, -0.05) is 60.3 Å². The molecule has 0 aliphatic heterocycles. The molecule has 27 heavy (non-hydrogen) atoms. The largest absolute Gasteiger partial charge is 0.348 e. The van der Waals surface area contributed by atoms with Gasteiger partial charge >= 0.3 is 0 Å². The number of carbonyl (C=O) groups excluding carboxylic acids is 1. The number of hydrogen-bond acceptors (Lipinski definition) is 5. The van der Waals surface area contributed by atoms with Gasteiger partial charge in [0.2, 0.25) is 15.7 Å². The summed E-state index contributed by atoms with van der Waals surface area (Å²) in [5.41, 5.74) is 0.771. The number of amides is 1. The molecule has 0 spiro atoms. The molecule has 0 atom stereocenters. The Bertz CT molecular complexity index is 1030. The van der Waals surface area contributed by atoms with Gasteiger partial charge in [0.15, 0.2) is 5.03 Å². The van der Waals surface area contributed by atoms with Gasteiger partial charge in [-0.05, 0) is 12.1 Å². The maximum atomic E-state index is 13.1. The van der Waals surface area contributed by atoms with Crippen LogP contribution >= 0.6 is 11.8 Å². The summed E-state index contributed by atoms with van der Waals surface area (Å²) >= 11 is 1.11. The van der Waals surface area contributed by atoms with Crippen LogP contribution in [0.15, 0.2) is 75.6 Å². The first kappa shape index (κ1) is 19.2. The highest BCUT2D eigenvalue weighted by atomic mass is 32.2. The van der Waals surface area contributed by atoms with Crippen molar-refractivity contribution in [1.82, 2.24) is 14.9 Å². The second-order valence-electron chi connectivity index (χ2n) is 5.98. The summed E-state index contributed by atoms with van der Waals surface area (Å²) in [5, 5.41) is 0.289. The molecule has 0 saturated heterocycles. The van der Waals surface area contributed by atoms with Crippen LogP contribution in [0.5, 0.6) is 0 Å². The molecule has 1 N–H and O–H groups in total. The molecule has 3 rings (SSSR count).